The van der Waals surface area contributed by atoms with Gasteiger partial charge in [-0.15, -0.1) is 0 Å². The van der Waals surface area contributed by atoms with Gasteiger partial charge in [0.1, 0.15) is 0 Å². The van der Waals surface area contributed by atoms with Crippen molar-refractivity contribution in [1.29, 1.82) is 0 Å². The number of rotatable bonds is 8. The number of anilines is 1. The maximum atomic E-state index is 13.6. The lowest BCUT2D eigenvalue weighted by molar-refractivity contribution is -0.132. The molecule has 202 valence electrons. The van der Waals surface area contributed by atoms with Crippen molar-refractivity contribution in [3.63, 3.8) is 0 Å². The Morgan fingerprint density at radius 1 is 0.921 bits per heavy atom. The van der Waals surface area contributed by atoms with Crippen LogP contribution in [0.4, 0.5) is 5.69 Å². The van der Waals surface area contributed by atoms with E-state index in [-0.39, 0.29) is 11.8 Å². The second kappa shape index (κ2) is 13.9. The molecule has 0 bridgehead atoms. The molecule has 0 fully saturated rings. The number of fused-ring (bicyclic) bond motifs is 1. The number of hydrogen-bond acceptors (Lipinski definition) is 4. The number of carbonyl (C=O) groups excluding carboxylic acids is 2. The van der Waals surface area contributed by atoms with Crippen molar-refractivity contribution in [2.24, 2.45) is 5.92 Å². The smallest absolute Gasteiger partial charge is 0.231 e. The molecule has 4 rings (SSSR count). The third-order valence-corrected chi connectivity index (χ3v) is 7.03. The first-order valence-corrected chi connectivity index (χ1v) is 13.9. The van der Waals surface area contributed by atoms with Crippen LogP contribution in [-0.2, 0) is 29.1 Å². The summed E-state index contributed by atoms with van der Waals surface area (Å²) in [6.45, 7) is 9.81. The highest BCUT2D eigenvalue weighted by Gasteiger charge is 2.24. The van der Waals surface area contributed by atoms with Gasteiger partial charge in [0.15, 0.2) is 0 Å². The lowest BCUT2D eigenvalue weighted by Crippen LogP contribution is -2.40. The van der Waals surface area contributed by atoms with E-state index in [4.69, 9.17) is 0 Å². The molecule has 0 saturated heterocycles. The second-order valence-corrected chi connectivity index (χ2v) is 10.6. The van der Waals surface area contributed by atoms with E-state index in [0.29, 0.717) is 38.4 Å². The Balaban J connectivity index is 1.56. The van der Waals surface area contributed by atoms with Gasteiger partial charge in [0.05, 0.1) is 12.7 Å². The molecular weight excluding hydrogens is 474 g/mol. The molecule has 0 N–H and O–H groups in total. The third kappa shape index (κ3) is 8.02. The summed E-state index contributed by atoms with van der Waals surface area (Å²) in [5.41, 5.74) is 2.96. The first-order valence-electron chi connectivity index (χ1n) is 13.9. The Morgan fingerprint density at radius 3 is 2.47 bits per heavy atom. The van der Waals surface area contributed by atoms with Crippen molar-refractivity contribution >= 4 is 17.5 Å². The minimum Gasteiger partial charge on any atom is -0.337 e. The van der Waals surface area contributed by atoms with Gasteiger partial charge in [-0.1, -0.05) is 62.4 Å². The van der Waals surface area contributed by atoms with Crippen LogP contribution in [0.5, 0.6) is 0 Å². The minimum absolute atomic E-state index is 0.0940. The molecule has 7 heteroatoms. The molecule has 0 radical (unpaired) electrons. The number of hydrogen-bond donors (Lipinski definition) is 0. The van der Waals surface area contributed by atoms with Crippen LogP contribution in [0.15, 0.2) is 73.3 Å². The van der Waals surface area contributed by atoms with E-state index < -0.39 is 0 Å². The summed E-state index contributed by atoms with van der Waals surface area (Å²) in [5, 5.41) is 0. The van der Waals surface area contributed by atoms with Gasteiger partial charge >= 0.3 is 0 Å². The van der Waals surface area contributed by atoms with Crippen molar-refractivity contribution in [1.82, 2.24) is 19.4 Å². The van der Waals surface area contributed by atoms with Crippen LogP contribution in [0.1, 0.15) is 44.2 Å². The fraction of sp³-hybridized carbons (Fsp3) is 0.452. The van der Waals surface area contributed by atoms with Gasteiger partial charge in [-0.2, -0.15) is 0 Å². The lowest BCUT2D eigenvalue weighted by Gasteiger charge is -2.29. The maximum absolute atomic E-state index is 13.6. The molecule has 2 amide bonds. The molecule has 0 saturated carbocycles. The summed E-state index contributed by atoms with van der Waals surface area (Å²) in [4.78, 5) is 37.6. The van der Waals surface area contributed by atoms with Gasteiger partial charge in [0.25, 0.3) is 0 Å². The van der Waals surface area contributed by atoms with Crippen LogP contribution in [-0.4, -0.2) is 63.9 Å². The van der Waals surface area contributed by atoms with E-state index in [1.54, 1.807) is 12.5 Å². The number of aryl methyl sites for hydroxylation is 1. The molecule has 0 atom stereocenters. The number of amides is 2. The number of imidazole rings is 1. The van der Waals surface area contributed by atoms with Crippen LogP contribution in [0.3, 0.4) is 0 Å². The van der Waals surface area contributed by atoms with Gasteiger partial charge in [-0.25, -0.2) is 4.98 Å². The van der Waals surface area contributed by atoms with Crippen LogP contribution >= 0.6 is 0 Å². The maximum Gasteiger partial charge on any atom is 0.231 e. The van der Waals surface area contributed by atoms with E-state index in [2.05, 4.69) is 29.8 Å². The zero-order chi connectivity index (χ0) is 26.7. The Kier molecular flexibility index (Phi) is 10.1. The van der Waals surface area contributed by atoms with Crippen LogP contribution in [0, 0.1) is 5.92 Å². The molecule has 3 aromatic rings. The number of para-hydroxylation sites is 1. The normalized spacial score (nSPS) is 15.2. The summed E-state index contributed by atoms with van der Waals surface area (Å²) < 4.78 is 2.01. The molecule has 2 heterocycles. The first-order chi connectivity index (χ1) is 18.5. The van der Waals surface area contributed by atoms with E-state index in [0.717, 1.165) is 55.8 Å². The fourth-order valence-electron chi connectivity index (χ4n) is 5.17. The van der Waals surface area contributed by atoms with Crippen LogP contribution < -0.4 is 4.90 Å². The lowest BCUT2D eigenvalue weighted by atomic mass is 10.1. The number of carbonyl (C=O) groups is 2. The minimum atomic E-state index is 0.0940. The van der Waals surface area contributed by atoms with Gasteiger partial charge in [-0.3, -0.25) is 9.59 Å². The summed E-state index contributed by atoms with van der Waals surface area (Å²) >= 11 is 0. The van der Waals surface area contributed by atoms with Crippen molar-refractivity contribution in [2.75, 3.05) is 37.6 Å². The highest BCUT2D eigenvalue weighted by molar-refractivity contribution is 5.95. The molecule has 2 aromatic carbocycles. The average molecular weight is 516 g/mol. The van der Waals surface area contributed by atoms with E-state index in [1.165, 1.54) is 0 Å². The predicted octanol–water partition coefficient (Wildman–Crippen LogP) is 4.63. The highest BCUT2D eigenvalue weighted by atomic mass is 16.2. The number of nitrogens with zero attached hydrogens (tertiary/aromatic N) is 5. The molecule has 0 aliphatic carbocycles. The molecule has 38 heavy (non-hydrogen) atoms. The van der Waals surface area contributed by atoms with E-state index in [9.17, 15) is 9.59 Å². The van der Waals surface area contributed by atoms with E-state index in [1.807, 2.05) is 69.1 Å². The Bertz CT molecular complexity index is 1150. The molecule has 1 aromatic heterocycles. The topological polar surface area (TPSA) is 61.7 Å². The number of aromatic nitrogens is 2. The van der Waals surface area contributed by atoms with Crippen molar-refractivity contribution in [2.45, 2.75) is 52.6 Å². The summed E-state index contributed by atoms with van der Waals surface area (Å²) in [7, 11) is 0. The zero-order valence-electron chi connectivity index (χ0n) is 22.8. The fourth-order valence-corrected chi connectivity index (χ4v) is 5.17. The highest BCUT2D eigenvalue weighted by Crippen LogP contribution is 2.25. The molecule has 0 spiro atoms. The SMILES string of the molecule is CC(C)CN1CCCN(C(=O)Cc2ccccc2)c2ccccc2CN(C(=O)CCCn2ccnc2)CC1. The van der Waals surface area contributed by atoms with Crippen LogP contribution in [0.25, 0.3) is 0 Å². The average Bonchev–Trinajstić information content (AvgIpc) is 3.41. The largest absolute Gasteiger partial charge is 0.337 e. The van der Waals surface area contributed by atoms with Gasteiger partial charge in [0, 0.05) is 63.8 Å². The number of benzene rings is 2. The Morgan fingerprint density at radius 2 is 1.71 bits per heavy atom. The third-order valence-electron chi connectivity index (χ3n) is 7.03. The molecule has 0 unspecified atom stereocenters. The molecule has 1 aliphatic rings. The Hall–Kier alpha value is -3.45. The zero-order valence-corrected chi connectivity index (χ0v) is 22.8. The van der Waals surface area contributed by atoms with Gasteiger partial charge in [0.2, 0.25) is 11.8 Å². The monoisotopic (exact) mass is 515 g/mol. The molecule has 1 aliphatic heterocycles. The predicted molar refractivity (Wildman–Crippen MR) is 152 cm³/mol. The van der Waals surface area contributed by atoms with Crippen LogP contribution in [0.2, 0.25) is 0 Å². The Labute approximate surface area is 227 Å². The quantitative estimate of drug-likeness (QED) is 0.439. The van der Waals surface area contributed by atoms with Gasteiger partial charge < -0.3 is 19.3 Å². The second-order valence-electron chi connectivity index (χ2n) is 10.6. The van der Waals surface area contributed by atoms with Crippen molar-refractivity contribution in [3.8, 4) is 0 Å². The summed E-state index contributed by atoms with van der Waals surface area (Å²) in [5.74, 6) is 0.787. The van der Waals surface area contributed by atoms with Crippen molar-refractivity contribution < 1.29 is 9.59 Å². The van der Waals surface area contributed by atoms with E-state index >= 15 is 0 Å². The van der Waals surface area contributed by atoms with Crippen molar-refractivity contribution in [3.05, 3.63) is 84.4 Å². The van der Waals surface area contributed by atoms with Gasteiger partial charge in [-0.05, 0) is 42.5 Å². The summed E-state index contributed by atoms with van der Waals surface area (Å²) in [6.07, 6.45) is 7.99. The first kappa shape index (κ1) is 27.6. The molecule has 7 nitrogen and oxygen atoms in total. The molecular formula is C31H41N5O2. The summed E-state index contributed by atoms with van der Waals surface area (Å²) in [6, 6.07) is 18.0. The standard InChI is InChI=1S/C31H41N5O2/c1-26(2)23-33-17-9-18-36(31(38)22-27-10-4-3-5-11-27)29-13-7-6-12-28(29)24-35(21-20-33)30(37)14-8-16-34-19-15-32-25-34/h3-7,10-13,15,19,25-26H,8-9,14,16-18,20-24H2,1-2H3.